The topological polar surface area (TPSA) is 69.6 Å². The fourth-order valence-electron chi connectivity index (χ4n) is 1.44. The van der Waals surface area contributed by atoms with E-state index in [9.17, 15) is 9.90 Å². The Labute approximate surface area is 105 Å². The summed E-state index contributed by atoms with van der Waals surface area (Å²) >= 11 is 1.66. The lowest BCUT2D eigenvalue weighted by molar-refractivity contribution is -0.142. The van der Waals surface area contributed by atoms with E-state index < -0.39 is 18.1 Å². The third-order valence-corrected chi connectivity index (χ3v) is 3.18. The van der Waals surface area contributed by atoms with Crippen LogP contribution in [0.15, 0.2) is 29.2 Å². The van der Waals surface area contributed by atoms with Crippen LogP contribution in [0, 0.1) is 0 Å². The summed E-state index contributed by atoms with van der Waals surface area (Å²) in [6.45, 7) is 1.89. The summed E-state index contributed by atoms with van der Waals surface area (Å²) in [7, 11) is 0. The number of aliphatic carboxylic acids is 1. The van der Waals surface area contributed by atoms with Gasteiger partial charge in [-0.3, -0.25) is 10.1 Å². The molecule has 1 rings (SSSR count). The minimum Gasteiger partial charge on any atom is -0.480 e. The number of rotatable bonds is 6. The molecular formula is C12H17NO3S. The van der Waals surface area contributed by atoms with Crippen LogP contribution in [-0.4, -0.2) is 34.6 Å². The average molecular weight is 255 g/mol. The Balaban J connectivity index is 2.56. The minimum atomic E-state index is -1.04. The molecule has 0 aliphatic heterocycles. The first-order valence-electron chi connectivity index (χ1n) is 5.31. The van der Waals surface area contributed by atoms with Crippen molar-refractivity contribution in [1.29, 1.82) is 0 Å². The van der Waals surface area contributed by atoms with Gasteiger partial charge in [-0.2, -0.15) is 0 Å². The lowest BCUT2D eigenvalue weighted by Gasteiger charge is -2.17. The van der Waals surface area contributed by atoms with Gasteiger partial charge in [-0.05, 0) is 30.9 Å². The van der Waals surface area contributed by atoms with E-state index in [2.05, 4.69) is 5.32 Å². The Morgan fingerprint density at radius 1 is 1.41 bits per heavy atom. The van der Waals surface area contributed by atoms with Gasteiger partial charge in [-0.15, -0.1) is 11.8 Å². The number of thioether (sulfide) groups is 1. The zero-order valence-electron chi connectivity index (χ0n) is 9.88. The van der Waals surface area contributed by atoms with E-state index >= 15 is 0 Å². The highest BCUT2D eigenvalue weighted by molar-refractivity contribution is 7.98. The fourth-order valence-corrected chi connectivity index (χ4v) is 1.84. The number of carboxylic acid groups (broad SMARTS) is 1. The first-order chi connectivity index (χ1) is 8.04. The van der Waals surface area contributed by atoms with Gasteiger partial charge in [0.2, 0.25) is 0 Å². The van der Waals surface area contributed by atoms with E-state index in [1.54, 1.807) is 11.8 Å². The highest BCUT2D eigenvalue weighted by atomic mass is 32.2. The van der Waals surface area contributed by atoms with Gasteiger partial charge in [0.25, 0.3) is 0 Å². The Hall–Kier alpha value is -1.04. The van der Waals surface area contributed by atoms with E-state index in [-0.39, 0.29) is 0 Å². The van der Waals surface area contributed by atoms with Crippen molar-refractivity contribution >= 4 is 17.7 Å². The summed E-state index contributed by atoms with van der Waals surface area (Å²) in [6, 6.07) is 6.93. The maximum Gasteiger partial charge on any atom is 0.323 e. The number of carbonyl (C=O) groups is 1. The van der Waals surface area contributed by atoms with Gasteiger partial charge in [-0.25, -0.2) is 0 Å². The molecule has 2 unspecified atom stereocenters. The molecule has 0 bridgehead atoms. The van der Waals surface area contributed by atoms with E-state index in [0.29, 0.717) is 6.54 Å². The SMILES string of the molecule is CSc1ccc(CNC(C(=O)O)C(C)O)cc1. The smallest absolute Gasteiger partial charge is 0.323 e. The molecule has 1 aromatic carbocycles. The molecule has 5 heteroatoms. The quantitative estimate of drug-likeness (QED) is 0.669. The largest absolute Gasteiger partial charge is 0.480 e. The zero-order chi connectivity index (χ0) is 12.8. The standard InChI is InChI=1S/C12H17NO3S/c1-8(14)11(12(15)16)13-7-9-3-5-10(17-2)6-4-9/h3-6,8,11,13-14H,7H2,1-2H3,(H,15,16). The van der Waals surface area contributed by atoms with Crippen LogP contribution in [0.5, 0.6) is 0 Å². The third-order valence-electron chi connectivity index (χ3n) is 2.43. The van der Waals surface area contributed by atoms with Gasteiger partial charge >= 0.3 is 5.97 Å². The Morgan fingerprint density at radius 2 is 2.00 bits per heavy atom. The van der Waals surface area contributed by atoms with Crippen LogP contribution in [0.2, 0.25) is 0 Å². The van der Waals surface area contributed by atoms with Crippen molar-refractivity contribution in [2.45, 2.75) is 30.5 Å². The van der Waals surface area contributed by atoms with Gasteiger partial charge in [-0.1, -0.05) is 12.1 Å². The summed E-state index contributed by atoms with van der Waals surface area (Å²) < 4.78 is 0. The van der Waals surface area contributed by atoms with Gasteiger partial charge in [0.15, 0.2) is 0 Å². The van der Waals surface area contributed by atoms with Crippen LogP contribution in [0.25, 0.3) is 0 Å². The predicted octanol–water partition coefficient (Wildman–Crippen LogP) is 1.33. The van der Waals surface area contributed by atoms with Crippen molar-refractivity contribution in [2.75, 3.05) is 6.26 Å². The van der Waals surface area contributed by atoms with Crippen LogP contribution < -0.4 is 5.32 Å². The molecule has 0 aromatic heterocycles. The summed E-state index contributed by atoms with van der Waals surface area (Å²) in [6.07, 6.45) is 1.08. The highest BCUT2D eigenvalue weighted by Crippen LogP contribution is 2.14. The molecule has 0 saturated carbocycles. The molecule has 0 fully saturated rings. The third kappa shape index (κ3) is 4.38. The molecule has 0 spiro atoms. The van der Waals surface area contributed by atoms with Crippen molar-refractivity contribution < 1.29 is 15.0 Å². The molecule has 0 aliphatic carbocycles. The number of hydrogen-bond acceptors (Lipinski definition) is 4. The molecular weight excluding hydrogens is 238 g/mol. The highest BCUT2D eigenvalue weighted by Gasteiger charge is 2.21. The minimum absolute atomic E-state index is 0.427. The monoisotopic (exact) mass is 255 g/mol. The Morgan fingerprint density at radius 3 is 2.41 bits per heavy atom. The number of aliphatic hydroxyl groups excluding tert-OH is 1. The van der Waals surface area contributed by atoms with Crippen LogP contribution in [-0.2, 0) is 11.3 Å². The van der Waals surface area contributed by atoms with Crippen LogP contribution >= 0.6 is 11.8 Å². The second-order valence-electron chi connectivity index (χ2n) is 3.79. The summed E-state index contributed by atoms with van der Waals surface area (Å²) in [5.41, 5.74) is 0.995. The number of carboxylic acids is 1. The maximum absolute atomic E-state index is 10.8. The Bertz CT molecular complexity index is 365. The molecule has 94 valence electrons. The summed E-state index contributed by atoms with van der Waals surface area (Å²) in [5.74, 6) is -1.04. The summed E-state index contributed by atoms with van der Waals surface area (Å²) in [5, 5.41) is 21.0. The van der Waals surface area contributed by atoms with Gasteiger partial charge in [0.1, 0.15) is 6.04 Å². The van der Waals surface area contributed by atoms with Crippen LogP contribution in [0.3, 0.4) is 0 Å². The maximum atomic E-state index is 10.8. The van der Waals surface area contributed by atoms with Crippen LogP contribution in [0.4, 0.5) is 0 Å². The number of benzene rings is 1. The van der Waals surface area contributed by atoms with Gasteiger partial charge in [0, 0.05) is 11.4 Å². The van der Waals surface area contributed by atoms with E-state index in [1.165, 1.54) is 11.8 Å². The lowest BCUT2D eigenvalue weighted by Crippen LogP contribution is -2.44. The first-order valence-corrected chi connectivity index (χ1v) is 6.54. The molecule has 0 amide bonds. The molecule has 3 N–H and O–H groups in total. The second-order valence-corrected chi connectivity index (χ2v) is 4.67. The molecule has 0 heterocycles. The van der Waals surface area contributed by atoms with Crippen molar-refractivity contribution in [2.24, 2.45) is 0 Å². The fraction of sp³-hybridized carbons (Fsp3) is 0.417. The molecule has 4 nitrogen and oxygen atoms in total. The van der Waals surface area contributed by atoms with Gasteiger partial charge in [0.05, 0.1) is 6.10 Å². The molecule has 17 heavy (non-hydrogen) atoms. The predicted molar refractivity (Wildman–Crippen MR) is 68.2 cm³/mol. The molecule has 1 aromatic rings. The van der Waals surface area contributed by atoms with E-state index in [4.69, 9.17) is 5.11 Å². The molecule has 0 saturated heterocycles. The van der Waals surface area contributed by atoms with Crippen molar-refractivity contribution in [1.82, 2.24) is 5.32 Å². The zero-order valence-corrected chi connectivity index (χ0v) is 10.7. The average Bonchev–Trinajstić information content (AvgIpc) is 2.29. The van der Waals surface area contributed by atoms with Gasteiger partial charge < -0.3 is 10.2 Å². The van der Waals surface area contributed by atoms with E-state index in [1.807, 2.05) is 30.5 Å². The summed E-state index contributed by atoms with van der Waals surface area (Å²) in [4.78, 5) is 12.0. The number of aliphatic hydroxyl groups is 1. The first kappa shape index (κ1) is 14.0. The van der Waals surface area contributed by atoms with Crippen molar-refractivity contribution in [3.05, 3.63) is 29.8 Å². The number of nitrogens with one attached hydrogen (secondary N) is 1. The number of hydrogen-bond donors (Lipinski definition) is 3. The molecule has 0 aliphatic rings. The van der Waals surface area contributed by atoms with Crippen molar-refractivity contribution in [3.8, 4) is 0 Å². The van der Waals surface area contributed by atoms with Crippen molar-refractivity contribution in [3.63, 3.8) is 0 Å². The Kier molecular flexibility index (Phi) is 5.47. The van der Waals surface area contributed by atoms with E-state index in [0.717, 1.165) is 5.56 Å². The molecule has 0 radical (unpaired) electrons. The normalized spacial score (nSPS) is 14.3. The molecule has 2 atom stereocenters. The van der Waals surface area contributed by atoms with Crippen LogP contribution in [0.1, 0.15) is 12.5 Å². The lowest BCUT2D eigenvalue weighted by atomic mass is 10.1. The second kappa shape index (κ2) is 6.64.